The van der Waals surface area contributed by atoms with Crippen molar-refractivity contribution in [2.75, 3.05) is 5.32 Å². The predicted octanol–water partition coefficient (Wildman–Crippen LogP) is 2.35. The Morgan fingerprint density at radius 3 is 2.64 bits per heavy atom. The van der Waals surface area contributed by atoms with Gasteiger partial charge in [-0.3, -0.25) is 4.79 Å². The molecule has 76 valence electrons. The normalized spacial score (nSPS) is 24.8. The van der Waals surface area contributed by atoms with Crippen molar-refractivity contribution in [2.24, 2.45) is 11.8 Å². The fraction of sp³-hybridized carbons (Fsp3) is 0.600. The Morgan fingerprint density at radius 2 is 2.21 bits per heavy atom. The SMILES string of the molecule is Cc1nc(NC(=O)[C@@H]2C[C@H]2C)sc1C. The molecular weight excluding hydrogens is 196 g/mol. The minimum atomic E-state index is 0.131. The summed E-state index contributed by atoms with van der Waals surface area (Å²) in [6.07, 6.45) is 1.02. The molecule has 4 heteroatoms. The minimum absolute atomic E-state index is 0.131. The molecule has 1 aliphatic carbocycles. The monoisotopic (exact) mass is 210 g/mol. The van der Waals surface area contributed by atoms with Crippen LogP contribution in [-0.2, 0) is 4.79 Å². The van der Waals surface area contributed by atoms with Crippen LogP contribution in [0.15, 0.2) is 0 Å². The van der Waals surface area contributed by atoms with E-state index in [1.165, 1.54) is 4.88 Å². The number of nitrogens with one attached hydrogen (secondary N) is 1. The smallest absolute Gasteiger partial charge is 0.229 e. The number of anilines is 1. The van der Waals surface area contributed by atoms with Gasteiger partial charge in [0, 0.05) is 10.8 Å². The van der Waals surface area contributed by atoms with E-state index in [0.717, 1.165) is 17.2 Å². The van der Waals surface area contributed by atoms with Crippen LogP contribution in [0.3, 0.4) is 0 Å². The number of hydrogen-bond donors (Lipinski definition) is 1. The van der Waals surface area contributed by atoms with Crippen LogP contribution in [-0.4, -0.2) is 10.9 Å². The maximum absolute atomic E-state index is 11.6. The molecule has 1 saturated carbocycles. The Balaban J connectivity index is 2.00. The summed E-state index contributed by atoms with van der Waals surface area (Å²) in [5.74, 6) is 0.905. The lowest BCUT2D eigenvalue weighted by Gasteiger charge is -1.98. The molecule has 2 rings (SSSR count). The van der Waals surface area contributed by atoms with E-state index in [-0.39, 0.29) is 11.8 Å². The van der Waals surface area contributed by atoms with Gasteiger partial charge in [-0.05, 0) is 26.2 Å². The average Bonchev–Trinajstić information content (AvgIpc) is 2.74. The van der Waals surface area contributed by atoms with Crippen LogP contribution in [0.4, 0.5) is 5.13 Å². The van der Waals surface area contributed by atoms with Gasteiger partial charge in [0.2, 0.25) is 5.91 Å². The van der Waals surface area contributed by atoms with Crippen molar-refractivity contribution < 1.29 is 4.79 Å². The van der Waals surface area contributed by atoms with Crippen LogP contribution < -0.4 is 5.32 Å². The number of amides is 1. The molecule has 0 bridgehead atoms. The van der Waals surface area contributed by atoms with Crippen molar-refractivity contribution in [3.05, 3.63) is 10.6 Å². The molecule has 1 aliphatic rings. The molecule has 0 unspecified atom stereocenters. The maximum Gasteiger partial charge on any atom is 0.229 e. The van der Waals surface area contributed by atoms with Crippen molar-refractivity contribution in [3.63, 3.8) is 0 Å². The van der Waals surface area contributed by atoms with E-state index < -0.39 is 0 Å². The lowest BCUT2D eigenvalue weighted by molar-refractivity contribution is -0.117. The van der Waals surface area contributed by atoms with E-state index in [1.807, 2.05) is 13.8 Å². The second kappa shape index (κ2) is 3.35. The molecule has 1 N–H and O–H groups in total. The van der Waals surface area contributed by atoms with Crippen LogP contribution in [0.1, 0.15) is 23.9 Å². The first-order valence-corrected chi connectivity index (χ1v) is 5.64. The molecule has 0 radical (unpaired) electrons. The van der Waals surface area contributed by atoms with E-state index in [9.17, 15) is 4.79 Å². The van der Waals surface area contributed by atoms with Crippen molar-refractivity contribution in [1.82, 2.24) is 4.98 Å². The molecule has 14 heavy (non-hydrogen) atoms. The zero-order valence-electron chi connectivity index (χ0n) is 8.63. The van der Waals surface area contributed by atoms with Crippen molar-refractivity contribution in [1.29, 1.82) is 0 Å². The highest BCUT2D eigenvalue weighted by atomic mass is 32.1. The van der Waals surface area contributed by atoms with Gasteiger partial charge in [-0.1, -0.05) is 6.92 Å². The second-order valence-electron chi connectivity index (χ2n) is 3.97. The van der Waals surface area contributed by atoms with Crippen LogP contribution in [0, 0.1) is 25.7 Å². The van der Waals surface area contributed by atoms with E-state index in [0.29, 0.717) is 5.92 Å². The molecular formula is C10H14N2OS. The Morgan fingerprint density at radius 1 is 1.57 bits per heavy atom. The first kappa shape index (κ1) is 9.65. The topological polar surface area (TPSA) is 42.0 Å². The first-order valence-electron chi connectivity index (χ1n) is 4.83. The largest absolute Gasteiger partial charge is 0.302 e. The predicted molar refractivity (Wildman–Crippen MR) is 57.5 cm³/mol. The van der Waals surface area contributed by atoms with E-state index in [2.05, 4.69) is 17.2 Å². The molecule has 2 atom stereocenters. The summed E-state index contributed by atoms with van der Waals surface area (Å²) in [5.41, 5.74) is 1.01. The van der Waals surface area contributed by atoms with Gasteiger partial charge in [0.05, 0.1) is 5.69 Å². The Kier molecular flexibility index (Phi) is 2.31. The van der Waals surface area contributed by atoms with E-state index in [4.69, 9.17) is 0 Å². The Hall–Kier alpha value is -0.900. The lowest BCUT2D eigenvalue weighted by atomic mass is 10.3. The van der Waals surface area contributed by atoms with Crippen LogP contribution in [0.25, 0.3) is 0 Å². The molecule has 1 heterocycles. The van der Waals surface area contributed by atoms with Crippen LogP contribution in [0.2, 0.25) is 0 Å². The number of carbonyl (C=O) groups excluding carboxylic acids is 1. The third-order valence-corrected chi connectivity index (χ3v) is 3.69. The van der Waals surface area contributed by atoms with Gasteiger partial charge in [-0.15, -0.1) is 11.3 Å². The van der Waals surface area contributed by atoms with Gasteiger partial charge in [0.15, 0.2) is 5.13 Å². The van der Waals surface area contributed by atoms with E-state index >= 15 is 0 Å². The summed E-state index contributed by atoms with van der Waals surface area (Å²) in [4.78, 5) is 17.0. The van der Waals surface area contributed by atoms with Crippen molar-refractivity contribution in [2.45, 2.75) is 27.2 Å². The Bertz CT molecular complexity index is 353. The number of aromatic nitrogens is 1. The number of rotatable bonds is 2. The van der Waals surface area contributed by atoms with Gasteiger partial charge >= 0.3 is 0 Å². The van der Waals surface area contributed by atoms with E-state index in [1.54, 1.807) is 11.3 Å². The summed E-state index contributed by atoms with van der Waals surface area (Å²) in [5, 5.41) is 3.60. The molecule has 1 aromatic heterocycles. The van der Waals surface area contributed by atoms with Gasteiger partial charge in [0.1, 0.15) is 0 Å². The third-order valence-electron chi connectivity index (χ3n) is 2.70. The number of nitrogens with zero attached hydrogens (tertiary/aromatic N) is 1. The quantitative estimate of drug-likeness (QED) is 0.814. The standard InChI is InChI=1S/C10H14N2OS/c1-5-4-8(5)9(13)12-10-11-6(2)7(3)14-10/h5,8H,4H2,1-3H3,(H,11,12,13)/t5-,8-/m1/s1. The number of thiazole rings is 1. The van der Waals surface area contributed by atoms with Gasteiger partial charge in [-0.25, -0.2) is 4.98 Å². The fourth-order valence-corrected chi connectivity index (χ4v) is 2.23. The minimum Gasteiger partial charge on any atom is -0.302 e. The van der Waals surface area contributed by atoms with Gasteiger partial charge in [0.25, 0.3) is 0 Å². The molecule has 0 aliphatic heterocycles. The molecule has 0 saturated heterocycles. The summed E-state index contributed by atoms with van der Waals surface area (Å²) in [6.45, 7) is 6.08. The summed E-state index contributed by atoms with van der Waals surface area (Å²) in [6, 6.07) is 0. The molecule has 1 fully saturated rings. The highest BCUT2D eigenvalue weighted by molar-refractivity contribution is 7.15. The molecule has 3 nitrogen and oxygen atoms in total. The van der Waals surface area contributed by atoms with Gasteiger partial charge in [-0.2, -0.15) is 0 Å². The maximum atomic E-state index is 11.6. The third kappa shape index (κ3) is 1.80. The zero-order chi connectivity index (χ0) is 10.3. The number of carbonyl (C=O) groups is 1. The fourth-order valence-electron chi connectivity index (χ4n) is 1.41. The highest BCUT2D eigenvalue weighted by Gasteiger charge is 2.39. The molecule has 1 aromatic rings. The highest BCUT2D eigenvalue weighted by Crippen LogP contribution is 2.38. The summed E-state index contributed by atoms with van der Waals surface area (Å²) in [7, 11) is 0. The molecule has 0 aromatic carbocycles. The number of hydrogen-bond acceptors (Lipinski definition) is 3. The molecule has 1 amide bonds. The van der Waals surface area contributed by atoms with Gasteiger partial charge < -0.3 is 5.32 Å². The first-order chi connectivity index (χ1) is 6.58. The second-order valence-corrected chi connectivity index (χ2v) is 5.17. The number of aryl methyl sites for hydroxylation is 2. The lowest BCUT2D eigenvalue weighted by Crippen LogP contribution is -2.14. The van der Waals surface area contributed by atoms with Crippen LogP contribution >= 0.6 is 11.3 Å². The van der Waals surface area contributed by atoms with Crippen molar-refractivity contribution >= 4 is 22.4 Å². The molecule has 0 spiro atoms. The average molecular weight is 210 g/mol. The van der Waals surface area contributed by atoms with Crippen molar-refractivity contribution in [3.8, 4) is 0 Å². The summed E-state index contributed by atoms with van der Waals surface area (Å²) < 4.78 is 0. The van der Waals surface area contributed by atoms with Crippen LogP contribution in [0.5, 0.6) is 0 Å². The Labute approximate surface area is 87.6 Å². The summed E-state index contributed by atoms with van der Waals surface area (Å²) >= 11 is 1.55. The zero-order valence-corrected chi connectivity index (χ0v) is 9.44.